The maximum absolute atomic E-state index is 12.5. The number of esters is 1. The highest BCUT2D eigenvalue weighted by Crippen LogP contribution is 2.30. The Balaban J connectivity index is 1.68. The number of rotatable bonds is 6. The topological polar surface area (TPSA) is 73.9 Å². The van der Waals surface area contributed by atoms with Crippen LogP contribution in [0, 0.1) is 0 Å². The van der Waals surface area contributed by atoms with Gasteiger partial charge in [0, 0.05) is 5.69 Å². The van der Waals surface area contributed by atoms with Gasteiger partial charge in [0.1, 0.15) is 0 Å². The van der Waals surface area contributed by atoms with Crippen LogP contribution in [0.2, 0.25) is 0 Å². The van der Waals surface area contributed by atoms with Crippen LogP contribution >= 0.6 is 0 Å². The molecule has 1 aliphatic rings. The first kappa shape index (κ1) is 18.8. The van der Waals surface area contributed by atoms with Gasteiger partial charge >= 0.3 is 5.97 Å². The molecule has 1 amide bonds. The Labute approximate surface area is 158 Å². The van der Waals surface area contributed by atoms with Crippen LogP contribution in [0.1, 0.15) is 34.8 Å². The van der Waals surface area contributed by atoms with E-state index in [9.17, 15) is 9.59 Å². The summed E-state index contributed by atoms with van der Waals surface area (Å²) in [5.41, 5.74) is 3.76. The molecule has 0 saturated heterocycles. The summed E-state index contributed by atoms with van der Waals surface area (Å²) in [7, 11) is 2.78. The second-order valence-corrected chi connectivity index (χ2v) is 6.44. The third-order valence-electron chi connectivity index (χ3n) is 4.62. The Morgan fingerprint density at radius 3 is 2.52 bits per heavy atom. The number of carbonyl (C=O) groups is 2. The predicted octanol–water partition coefficient (Wildman–Crippen LogP) is 3.38. The molecule has 0 aromatic heterocycles. The van der Waals surface area contributed by atoms with Crippen LogP contribution in [0.5, 0.6) is 11.5 Å². The molecule has 1 aliphatic carbocycles. The summed E-state index contributed by atoms with van der Waals surface area (Å²) in [6.07, 6.45) is 2.57. The number of amides is 1. The minimum Gasteiger partial charge on any atom is -0.493 e. The summed E-state index contributed by atoms with van der Waals surface area (Å²) in [6.45, 7) is 1.66. The normalized spacial score (nSPS) is 13.4. The first-order chi connectivity index (χ1) is 13.0. The van der Waals surface area contributed by atoms with E-state index in [0.29, 0.717) is 17.1 Å². The minimum absolute atomic E-state index is 0.257. The third kappa shape index (κ3) is 4.22. The summed E-state index contributed by atoms with van der Waals surface area (Å²) in [6, 6.07) is 10.7. The van der Waals surface area contributed by atoms with Crippen molar-refractivity contribution < 1.29 is 23.8 Å². The van der Waals surface area contributed by atoms with E-state index >= 15 is 0 Å². The van der Waals surface area contributed by atoms with Gasteiger partial charge in [-0.3, -0.25) is 4.79 Å². The zero-order valence-electron chi connectivity index (χ0n) is 15.7. The molecule has 0 spiro atoms. The highest BCUT2D eigenvalue weighted by Gasteiger charge is 2.19. The van der Waals surface area contributed by atoms with Gasteiger partial charge in [0.05, 0.1) is 19.8 Å². The average molecular weight is 369 g/mol. The van der Waals surface area contributed by atoms with Crippen LogP contribution in [0.25, 0.3) is 0 Å². The molecule has 0 fully saturated rings. The molecular formula is C21H23NO5. The van der Waals surface area contributed by atoms with Crippen molar-refractivity contribution in [2.24, 2.45) is 0 Å². The fraction of sp³-hybridized carbons (Fsp3) is 0.333. The quantitative estimate of drug-likeness (QED) is 0.790. The third-order valence-corrected chi connectivity index (χ3v) is 4.62. The van der Waals surface area contributed by atoms with E-state index in [1.807, 2.05) is 12.1 Å². The lowest BCUT2D eigenvalue weighted by Gasteiger charge is -2.17. The largest absolute Gasteiger partial charge is 0.493 e. The number of ether oxygens (including phenoxy) is 3. The smallest absolute Gasteiger partial charge is 0.337 e. The lowest BCUT2D eigenvalue weighted by Crippen LogP contribution is -2.30. The number of methoxy groups -OCH3 is 2. The van der Waals surface area contributed by atoms with Crippen molar-refractivity contribution in [2.75, 3.05) is 19.5 Å². The molecule has 2 aromatic rings. The molecule has 1 atom stereocenters. The molecule has 0 aliphatic heterocycles. The Kier molecular flexibility index (Phi) is 5.64. The maximum Gasteiger partial charge on any atom is 0.337 e. The van der Waals surface area contributed by atoms with Gasteiger partial charge in [-0.15, -0.1) is 0 Å². The SMILES string of the molecule is COC(=O)c1ccc(OC(C)C(=O)Nc2ccc3c(c2)CCC3)c(OC)c1. The molecule has 0 bridgehead atoms. The molecule has 1 unspecified atom stereocenters. The lowest BCUT2D eigenvalue weighted by molar-refractivity contribution is -0.122. The first-order valence-corrected chi connectivity index (χ1v) is 8.87. The van der Waals surface area contributed by atoms with Crippen molar-refractivity contribution in [2.45, 2.75) is 32.3 Å². The number of hydrogen-bond acceptors (Lipinski definition) is 5. The predicted molar refractivity (Wildman–Crippen MR) is 102 cm³/mol. The van der Waals surface area contributed by atoms with Gasteiger partial charge in [-0.25, -0.2) is 4.79 Å². The number of nitrogens with one attached hydrogen (secondary N) is 1. The van der Waals surface area contributed by atoms with Gasteiger partial charge in [-0.2, -0.15) is 0 Å². The Hall–Kier alpha value is -3.02. The van der Waals surface area contributed by atoms with Crippen LogP contribution in [-0.2, 0) is 22.4 Å². The van der Waals surface area contributed by atoms with Gasteiger partial charge in [-0.1, -0.05) is 6.07 Å². The van der Waals surface area contributed by atoms with E-state index in [1.165, 1.54) is 31.4 Å². The van der Waals surface area contributed by atoms with Gasteiger partial charge in [0.15, 0.2) is 17.6 Å². The number of carbonyl (C=O) groups excluding carboxylic acids is 2. The Bertz CT molecular complexity index is 862. The molecule has 6 heteroatoms. The van der Waals surface area contributed by atoms with Crippen molar-refractivity contribution in [1.82, 2.24) is 0 Å². The first-order valence-electron chi connectivity index (χ1n) is 8.87. The van der Waals surface area contributed by atoms with E-state index in [-0.39, 0.29) is 5.91 Å². The van der Waals surface area contributed by atoms with E-state index in [4.69, 9.17) is 14.2 Å². The number of anilines is 1. The van der Waals surface area contributed by atoms with Crippen molar-refractivity contribution in [1.29, 1.82) is 0 Å². The number of aryl methyl sites for hydroxylation is 2. The minimum atomic E-state index is -0.740. The second-order valence-electron chi connectivity index (χ2n) is 6.44. The molecule has 142 valence electrons. The van der Waals surface area contributed by atoms with Crippen LogP contribution in [0.15, 0.2) is 36.4 Å². The maximum atomic E-state index is 12.5. The Morgan fingerprint density at radius 1 is 1.00 bits per heavy atom. The van der Waals surface area contributed by atoms with Crippen molar-refractivity contribution >= 4 is 17.6 Å². The molecule has 0 radical (unpaired) electrons. The fourth-order valence-corrected chi connectivity index (χ4v) is 3.15. The van der Waals surface area contributed by atoms with Crippen LogP contribution in [0.3, 0.4) is 0 Å². The lowest BCUT2D eigenvalue weighted by atomic mass is 10.1. The van der Waals surface area contributed by atoms with Gasteiger partial charge < -0.3 is 19.5 Å². The van der Waals surface area contributed by atoms with E-state index < -0.39 is 12.1 Å². The molecule has 3 rings (SSSR count). The number of benzene rings is 2. The molecule has 0 heterocycles. The molecule has 6 nitrogen and oxygen atoms in total. The molecular weight excluding hydrogens is 346 g/mol. The molecule has 1 N–H and O–H groups in total. The average Bonchev–Trinajstić information content (AvgIpc) is 3.15. The van der Waals surface area contributed by atoms with Gasteiger partial charge in [0.2, 0.25) is 0 Å². The summed E-state index contributed by atoms with van der Waals surface area (Å²) >= 11 is 0. The highest BCUT2D eigenvalue weighted by molar-refractivity contribution is 5.94. The standard InChI is InChI=1S/C21H23NO5/c1-13(20(23)22-17-9-7-14-5-4-6-15(14)11-17)27-18-10-8-16(21(24)26-3)12-19(18)25-2/h7-13H,4-6H2,1-3H3,(H,22,23). The number of fused-ring (bicyclic) bond motifs is 1. The summed E-state index contributed by atoms with van der Waals surface area (Å²) in [5.74, 6) is 0.00568. The van der Waals surface area contributed by atoms with Gasteiger partial charge in [0.25, 0.3) is 5.91 Å². The Morgan fingerprint density at radius 2 is 1.78 bits per heavy atom. The van der Waals surface area contributed by atoms with Crippen molar-refractivity contribution in [3.05, 3.63) is 53.1 Å². The molecule has 0 saturated carbocycles. The summed E-state index contributed by atoms with van der Waals surface area (Å²) in [4.78, 5) is 24.1. The highest BCUT2D eigenvalue weighted by atomic mass is 16.5. The monoisotopic (exact) mass is 369 g/mol. The van der Waals surface area contributed by atoms with Crippen LogP contribution in [-0.4, -0.2) is 32.2 Å². The summed E-state index contributed by atoms with van der Waals surface area (Å²) < 4.78 is 15.7. The number of hydrogen-bond donors (Lipinski definition) is 1. The van der Waals surface area contributed by atoms with Gasteiger partial charge in [-0.05, 0) is 67.6 Å². The van der Waals surface area contributed by atoms with Crippen LogP contribution < -0.4 is 14.8 Å². The van der Waals surface area contributed by atoms with E-state index in [2.05, 4.69) is 11.4 Å². The fourth-order valence-electron chi connectivity index (χ4n) is 3.15. The van der Waals surface area contributed by atoms with Crippen molar-refractivity contribution in [3.63, 3.8) is 0 Å². The van der Waals surface area contributed by atoms with Crippen LogP contribution in [0.4, 0.5) is 5.69 Å². The molecule has 27 heavy (non-hydrogen) atoms. The van der Waals surface area contributed by atoms with E-state index in [0.717, 1.165) is 24.9 Å². The molecule has 2 aromatic carbocycles. The van der Waals surface area contributed by atoms with E-state index in [1.54, 1.807) is 19.1 Å². The van der Waals surface area contributed by atoms with Crippen molar-refractivity contribution in [3.8, 4) is 11.5 Å². The summed E-state index contributed by atoms with van der Waals surface area (Å²) in [5, 5.41) is 2.89. The second kappa shape index (κ2) is 8.12. The zero-order chi connectivity index (χ0) is 19.4. The zero-order valence-corrected chi connectivity index (χ0v) is 15.7.